The SMILES string of the molecule is CCOc1cc(N2CCC(N3CCN(CCCOc4cc(F)c(C5CCC(=O)NC5=O)c(F)c4)CC3)CC2)c(CC)cc1Nc1ncc(Br)c(Nc2ccc3c(=O)n(CC)ncc3c2P(C)(C)=O)n1. The Morgan fingerprint density at radius 2 is 1.62 bits per heavy atom. The number of ether oxygens (including phenoxy) is 2. The number of aryl methyl sites for hydroxylation is 2. The maximum atomic E-state index is 14.9. The highest BCUT2D eigenvalue weighted by Gasteiger charge is 2.33. The lowest BCUT2D eigenvalue weighted by atomic mass is 9.89. The Kier molecular flexibility index (Phi) is 15.7. The summed E-state index contributed by atoms with van der Waals surface area (Å²) in [6.07, 6.45) is 6.94. The highest BCUT2D eigenvalue weighted by Crippen LogP contribution is 2.42. The van der Waals surface area contributed by atoms with E-state index < -0.39 is 36.5 Å². The standard InChI is InChI=1S/C49H60BrF2N10O6P/c1-6-30-24-40(56-49-53-29-36(50)46(58-49)55-39-12-10-33-35(45(39)69(4,5)66)28-54-62(7-2)48(33)65)42(67-8-3)27-41(30)61-17-14-31(15-18-61)60-21-19-59(20-22-60)16-9-23-68-32-25-37(51)44(38(52)26-32)34-11-13-43(63)57-47(34)64/h10,12,24-29,31,34H,6-9,11,13-23H2,1-5H3,(H,57,63,64)(H2,53,55,56,58). The number of hydrogen-bond acceptors (Lipinski definition) is 14. The lowest BCUT2D eigenvalue weighted by Gasteiger charge is -2.43. The average molecular weight is 1030 g/mol. The molecule has 1 atom stereocenters. The second kappa shape index (κ2) is 21.7. The predicted molar refractivity (Wildman–Crippen MR) is 269 cm³/mol. The summed E-state index contributed by atoms with van der Waals surface area (Å²) in [4.78, 5) is 53.7. The van der Waals surface area contributed by atoms with Crippen LogP contribution in [-0.2, 0) is 27.1 Å². The molecule has 368 valence electrons. The van der Waals surface area contributed by atoms with Crippen LogP contribution < -0.4 is 41.2 Å². The van der Waals surface area contributed by atoms with Gasteiger partial charge in [0, 0.05) is 111 Å². The second-order valence-corrected chi connectivity index (χ2v) is 22.0. The van der Waals surface area contributed by atoms with Crippen LogP contribution >= 0.6 is 23.1 Å². The highest BCUT2D eigenvalue weighted by atomic mass is 79.9. The third kappa shape index (κ3) is 11.3. The van der Waals surface area contributed by atoms with Crippen molar-refractivity contribution in [3.63, 3.8) is 0 Å². The third-order valence-corrected chi connectivity index (χ3v) is 15.3. The number of amides is 2. The van der Waals surface area contributed by atoms with E-state index in [1.54, 1.807) is 37.9 Å². The van der Waals surface area contributed by atoms with Crippen molar-refractivity contribution in [2.24, 2.45) is 0 Å². The van der Waals surface area contributed by atoms with Crippen LogP contribution in [0, 0.1) is 11.6 Å². The van der Waals surface area contributed by atoms with Crippen molar-refractivity contribution in [2.45, 2.75) is 77.8 Å². The van der Waals surface area contributed by atoms with Crippen LogP contribution in [-0.4, -0.2) is 120 Å². The van der Waals surface area contributed by atoms with Crippen LogP contribution in [0.1, 0.15) is 69.9 Å². The highest BCUT2D eigenvalue weighted by molar-refractivity contribution is 9.10. The van der Waals surface area contributed by atoms with Crippen LogP contribution in [0.2, 0.25) is 0 Å². The molecule has 20 heteroatoms. The molecule has 3 aliphatic rings. The number of imide groups is 1. The van der Waals surface area contributed by atoms with Crippen LogP contribution in [0.5, 0.6) is 11.5 Å². The van der Waals surface area contributed by atoms with E-state index in [1.807, 2.05) is 13.8 Å². The second-order valence-electron chi connectivity index (χ2n) is 18.0. The van der Waals surface area contributed by atoms with Crippen molar-refractivity contribution in [3.05, 3.63) is 86.4 Å². The number of piperazine rings is 1. The Hall–Kier alpha value is -5.49. The van der Waals surface area contributed by atoms with Gasteiger partial charge in [0.2, 0.25) is 17.8 Å². The van der Waals surface area contributed by atoms with Crippen molar-refractivity contribution in [3.8, 4) is 11.5 Å². The summed E-state index contributed by atoms with van der Waals surface area (Å²) in [6.45, 7) is 16.9. The van der Waals surface area contributed by atoms with Crippen LogP contribution in [0.15, 0.2) is 58.1 Å². The van der Waals surface area contributed by atoms with Gasteiger partial charge in [-0.25, -0.2) is 18.4 Å². The number of nitrogens with one attached hydrogen (secondary N) is 3. The molecule has 5 heterocycles. The average Bonchev–Trinajstić information content (AvgIpc) is 3.32. The number of rotatable bonds is 17. The summed E-state index contributed by atoms with van der Waals surface area (Å²) in [5.74, 6) is -2.32. The van der Waals surface area contributed by atoms with E-state index in [9.17, 15) is 27.7 Å². The number of benzene rings is 3. The molecule has 3 aromatic carbocycles. The molecule has 0 aliphatic carbocycles. The van der Waals surface area contributed by atoms with Gasteiger partial charge in [0.15, 0.2) is 0 Å². The van der Waals surface area contributed by atoms with Gasteiger partial charge >= 0.3 is 0 Å². The number of aromatic nitrogens is 4. The first-order valence-electron chi connectivity index (χ1n) is 23.8. The van der Waals surface area contributed by atoms with Crippen molar-refractivity contribution >= 4 is 79.8 Å². The Balaban J connectivity index is 0.854. The maximum Gasteiger partial charge on any atom is 0.274 e. The molecule has 3 N–H and O–H groups in total. The summed E-state index contributed by atoms with van der Waals surface area (Å²) in [7, 11) is -2.92. The van der Waals surface area contributed by atoms with E-state index in [0.29, 0.717) is 76.0 Å². The first kappa shape index (κ1) is 49.9. The van der Waals surface area contributed by atoms with E-state index >= 15 is 0 Å². The summed E-state index contributed by atoms with van der Waals surface area (Å²) >= 11 is 3.59. The first-order chi connectivity index (χ1) is 33.1. The molecule has 0 radical (unpaired) electrons. The smallest absolute Gasteiger partial charge is 0.274 e. The quantitative estimate of drug-likeness (QED) is 0.0474. The third-order valence-electron chi connectivity index (χ3n) is 13.2. The fraction of sp³-hybridized carbons (Fsp3) is 0.469. The molecule has 3 fully saturated rings. The molecule has 0 spiro atoms. The van der Waals surface area contributed by atoms with Gasteiger partial charge in [-0.2, -0.15) is 10.1 Å². The van der Waals surface area contributed by atoms with Gasteiger partial charge in [-0.3, -0.25) is 24.6 Å². The van der Waals surface area contributed by atoms with Crippen LogP contribution in [0.4, 0.5) is 37.6 Å². The molecule has 5 aromatic rings. The van der Waals surface area contributed by atoms with Gasteiger partial charge < -0.3 is 34.5 Å². The first-order valence-corrected chi connectivity index (χ1v) is 27.2. The lowest BCUT2D eigenvalue weighted by Crippen LogP contribution is -2.53. The Labute approximate surface area is 409 Å². The number of nitrogens with zero attached hydrogens (tertiary/aromatic N) is 7. The van der Waals surface area contributed by atoms with E-state index in [2.05, 4.69) is 75.7 Å². The number of anilines is 5. The molecule has 8 rings (SSSR count). The number of piperidine rings is 2. The van der Waals surface area contributed by atoms with Crippen molar-refractivity contribution < 1.29 is 32.4 Å². The molecule has 0 bridgehead atoms. The zero-order valence-electron chi connectivity index (χ0n) is 39.7. The van der Waals surface area contributed by atoms with Gasteiger partial charge in [-0.15, -0.1) is 0 Å². The summed E-state index contributed by atoms with van der Waals surface area (Å²) < 4.78 is 57.6. The van der Waals surface area contributed by atoms with Gasteiger partial charge in [0.05, 0.1) is 46.6 Å². The van der Waals surface area contributed by atoms with Gasteiger partial charge in [-0.05, 0) is 99.0 Å². The largest absolute Gasteiger partial charge is 0.493 e. The fourth-order valence-corrected chi connectivity index (χ4v) is 11.5. The predicted octanol–water partition coefficient (Wildman–Crippen LogP) is 7.52. The van der Waals surface area contributed by atoms with E-state index in [0.717, 1.165) is 88.6 Å². The van der Waals surface area contributed by atoms with E-state index in [4.69, 9.17) is 14.5 Å². The minimum Gasteiger partial charge on any atom is -0.493 e. The molecule has 3 aliphatic heterocycles. The number of carbonyl (C=O) groups excluding carboxylic acids is 2. The number of carbonyl (C=O) groups is 2. The summed E-state index contributed by atoms with van der Waals surface area (Å²) in [5, 5.41) is 14.8. The zero-order chi connectivity index (χ0) is 49.0. The summed E-state index contributed by atoms with van der Waals surface area (Å²) in [5.41, 5.74) is 3.06. The minimum atomic E-state index is -2.92. The fourth-order valence-electron chi connectivity index (χ4n) is 9.73. The van der Waals surface area contributed by atoms with Gasteiger partial charge in [-0.1, -0.05) is 6.92 Å². The Morgan fingerprint density at radius 1 is 0.884 bits per heavy atom. The molecular formula is C49H60BrF2N10O6P. The molecule has 16 nitrogen and oxygen atoms in total. The number of halogens is 3. The van der Waals surface area contributed by atoms with Gasteiger partial charge in [0.1, 0.15) is 36.1 Å². The van der Waals surface area contributed by atoms with E-state index in [1.165, 1.54) is 10.2 Å². The number of fused-ring (bicyclic) bond motifs is 1. The molecule has 1 unspecified atom stereocenters. The maximum absolute atomic E-state index is 14.9. The van der Waals surface area contributed by atoms with E-state index in [-0.39, 0.29) is 29.7 Å². The van der Waals surface area contributed by atoms with Crippen molar-refractivity contribution in [1.82, 2.24) is 34.9 Å². The number of hydrogen-bond donors (Lipinski definition) is 3. The summed E-state index contributed by atoms with van der Waals surface area (Å²) in [6, 6.07) is 10.4. The monoisotopic (exact) mass is 1030 g/mol. The Bertz CT molecular complexity index is 2810. The molecule has 69 heavy (non-hydrogen) atoms. The topological polar surface area (TPSA) is 176 Å². The van der Waals surface area contributed by atoms with Gasteiger partial charge in [0.25, 0.3) is 5.56 Å². The van der Waals surface area contributed by atoms with Crippen molar-refractivity contribution in [2.75, 3.05) is 87.9 Å². The zero-order valence-corrected chi connectivity index (χ0v) is 42.2. The minimum absolute atomic E-state index is 0.0360. The molecule has 2 aromatic heterocycles. The van der Waals surface area contributed by atoms with Crippen molar-refractivity contribution in [1.29, 1.82) is 0 Å². The Morgan fingerprint density at radius 3 is 2.29 bits per heavy atom. The molecular weight excluding hydrogens is 973 g/mol. The normalized spacial score (nSPS) is 17.6. The van der Waals surface area contributed by atoms with Crippen LogP contribution in [0.25, 0.3) is 10.8 Å². The molecule has 3 saturated heterocycles. The van der Waals surface area contributed by atoms with Crippen LogP contribution in [0.3, 0.4) is 0 Å². The molecule has 0 saturated carbocycles. The lowest BCUT2D eigenvalue weighted by molar-refractivity contribution is -0.134. The molecule has 2 amide bonds.